The molecule has 0 amide bonds. The fourth-order valence-electron chi connectivity index (χ4n) is 2.43. The number of methoxy groups -OCH3 is 3. The summed E-state index contributed by atoms with van der Waals surface area (Å²) in [6.07, 6.45) is 0. The topological polar surface area (TPSA) is 39.7 Å². The lowest BCUT2D eigenvalue weighted by molar-refractivity contribution is 0.185. The molecule has 0 fully saturated rings. The lowest BCUT2D eigenvalue weighted by Crippen LogP contribution is -2.13. The first-order valence-electron chi connectivity index (χ1n) is 7.25. The molecule has 0 spiro atoms. The van der Waals surface area contributed by atoms with Crippen LogP contribution in [0, 0.1) is 0 Å². The molecule has 0 saturated carbocycles. The third kappa shape index (κ3) is 4.23. The van der Waals surface area contributed by atoms with Crippen LogP contribution in [0.2, 0.25) is 0 Å². The summed E-state index contributed by atoms with van der Waals surface area (Å²) in [5, 5.41) is 3.44. The molecule has 0 aliphatic rings. The number of hydrogen-bond acceptors (Lipinski definition) is 4. The normalized spacial score (nSPS) is 10.5. The van der Waals surface area contributed by atoms with E-state index in [1.165, 1.54) is 11.1 Å². The van der Waals surface area contributed by atoms with Crippen molar-refractivity contribution in [1.82, 2.24) is 5.32 Å². The van der Waals surface area contributed by atoms with Crippen LogP contribution in [0.15, 0.2) is 42.5 Å². The van der Waals surface area contributed by atoms with Gasteiger partial charge in [-0.1, -0.05) is 36.4 Å². The van der Waals surface area contributed by atoms with Crippen molar-refractivity contribution >= 4 is 0 Å². The lowest BCUT2D eigenvalue weighted by atomic mass is 10.1. The van der Waals surface area contributed by atoms with Crippen LogP contribution in [0.4, 0.5) is 0 Å². The fraction of sp³-hybridized carbons (Fsp3) is 0.333. The predicted molar refractivity (Wildman–Crippen MR) is 87.2 cm³/mol. The van der Waals surface area contributed by atoms with Gasteiger partial charge in [0.2, 0.25) is 0 Å². The van der Waals surface area contributed by atoms with Crippen molar-refractivity contribution in [3.05, 3.63) is 59.2 Å². The van der Waals surface area contributed by atoms with Crippen LogP contribution in [0.25, 0.3) is 0 Å². The van der Waals surface area contributed by atoms with E-state index in [2.05, 4.69) is 29.6 Å². The van der Waals surface area contributed by atoms with Gasteiger partial charge in [-0.15, -0.1) is 0 Å². The summed E-state index contributed by atoms with van der Waals surface area (Å²) in [4.78, 5) is 0. The third-order valence-electron chi connectivity index (χ3n) is 3.43. The SMILES string of the molecule is COCc1cccc(CNCc2cccc(OC)c2OC)c1. The zero-order valence-electron chi connectivity index (χ0n) is 13.4. The Labute approximate surface area is 132 Å². The summed E-state index contributed by atoms with van der Waals surface area (Å²) in [5.74, 6) is 1.54. The Balaban J connectivity index is 1.98. The molecule has 4 nitrogen and oxygen atoms in total. The van der Waals surface area contributed by atoms with Crippen molar-refractivity contribution in [2.45, 2.75) is 19.7 Å². The monoisotopic (exact) mass is 301 g/mol. The van der Waals surface area contributed by atoms with E-state index < -0.39 is 0 Å². The number of nitrogens with one attached hydrogen (secondary N) is 1. The van der Waals surface area contributed by atoms with Crippen LogP contribution >= 0.6 is 0 Å². The molecule has 0 unspecified atom stereocenters. The van der Waals surface area contributed by atoms with Crippen molar-refractivity contribution in [2.24, 2.45) is 0 Å². The Morgan fingerprint density at radius 3 is 2.36 bits per heavy atom. The second kappa shape index (κ2) is 8.41. The van der Waals surface area contributed by atoms with E-state index in [-0.39, 0.29) is 0 Å². The summed E-state index contributed by atoms with van der Waals surface area (Å²) >= 11 is 0. The third-order valence-corrected chi connectivity index (χ3v) is 3.43. The zero-order chi connectivity index (χ0) is 15.8. The largest absolute Gasteiger partial charge is 0.493 e. The Bertz CT molecular complexity index is 599. The van der Waals surface area contributed by atoms with Crippen molar-refractivity contribution in [1.29, 1.82) is 0 Å². The van der Waals surface area contributed by atoms with Crippen molar-refractivity contribution < 1.29 is 14.2 Å². The standard InChI is InChI=1S/C18H23NO3/c1-20-13-15-7-4-6-14(10-15)11-19-12-16-8-5-9-17(21-2)18(16)22-3/h4-10,19H,11-13H2,1-3H3. The Morgan fingerprint density at radius 2 is 1.64 bits per heavy atom. The van der Waals surface area contributed by atoms with Gasteiger partial charge in [-0.2, -0.15) is 0 Å². The summed E-state index contributed by atoms with van der Waals surface area (Å²) in [5.41, 5.74) is 3.49. The summed E-state index contributed by atoms with van der Waals surface area (Å²) in [6.45, 7) is 2.14. The molecule has 4 heteroatoms. The molecular weight excluding hydrogens is 278 g/mol. The van der Waals surface area contributed by atoms with Gasteiger partial charge < -0.3 is 19.5 Å². The molecule has 0 radical (unpaired) electrons. The van der Waals surface area contributed by atoms with Gasteiger partial charge in [-0.25, -0.2) is 0 Å². The Kier molecular flexibility index (Phi) is 6.25. The number of rotatable bonds is 8. The quantitative estimate of drug-likeness (QED) is 0.813. The highest BCUT2D eigenvalue weighted by Crippen LogP contribution is 2.30. The maximum absolute atomic E-state index is 5.44. The molecule has 2 aromatic carbocycles. The molecule has 0 bridgehead atoms. The highest BCUT2D eigenvalue weighted by atomic mass is 16.5. The average Bonchev–Trinajstić information content (AvgIpc) is 2.55. The minimum atomic E-state index is 0.636. The van der Waals surface area contributed by atoms with Crippen LogP contribution in [-0.4, -0.2) is 21.3 Å². The van der Waals surface area contributed by atoms with E-state index in [0.717, 1.165) is 30.2 Å². The van der Waals surface area contributed by atoms with Gasteiger partial charge in [0, 0.05) is 25.8 Å². The first kappa shape index (κ1) is 16.3. The average molecular weight is 301 g/mol. The van der Waals surface area contributed by atoms with Crippen molar-refractivity contribution in [2.75, 3.05) is 21.3 Å². The molecule has 0 heterocycles. The molecule has 0 atom stereocenters. The summed E-state index contributed by atoms with van der Waals surface area (Å²) < 4.78 is 15.9. The molecular formula is C18H23NO3. The van der Waals surface area contributed by atoms with E-state index in [9.17, 15) is 0 Å². The first-order valence-corrected chi connectivity index (χ1v) is 7.25. The molecule has 2 aromatic rings. The molecule has 0 aliphatic heterocycles. The smallest absolute Gasteiger partial charge is 0.165 e. The van der Waals surface area contributed by atoms with E-state index >= 15 is 0 Å². The first-order chi connectivity index (χ1) is 10.8. The highest BCUT2D eigenvalue weighted by molar-refractivity contribution is 5.46. The van der Waals surface area contributed by atoms with Gasteiger partial charge in [0.25, 0.3) is 0 Å². The molecule has 118 valence electrons. The molecule has 0 saturated heterocycles. The van der Waals surface area contributed by atoms with E-state index in [1.807, 2.05) is 18.2 Å². The summed E-state index contributed by atoms with van der Waals surface area (Å²) in [6, 6.07) is 14.3. The fourth-order valence-corrected chi connectivity index (χ4v) is 2.43. The maximum atomic E-state index is 5.44. The molecule has 0 aromatic heterocycles. The molecule has 1 N–H and O–H groups in total. The van der Waals surface area contributed by atoms with Gasteiger partial charge in [0.15, 0.2) is 11.5 Å². The van der Waals surface area contributed by atoms with Crippen LogP contribution in [0.1, 0.15) is 16.7 Å². The van der Waals surface area contributed by atoms with Crippen LogP contribution in [0.5, 0.6) is 11.5 Å². The second-order valence-corrected chi connectivity index (χ2v) is 5.01. The molecule has 0 aliphatic carbocycles. The van der Waals surface area contributed by atoms with Gasteiger partial charge in [0.1, 0.15) is 0 Å². The minimum Gasteiger partial charge on any atom is -0.493 e. The van der Waals surface area contributed by atoms with Gasteiger partial charge in [0.05, 0.1) is 20.8 Å². The second-order valence-electron chi connectivity index (χ2n) is 5.01. The van der Waals surface area contributed by atoms with Crippen LogP contribution in [-0.2, 0) is 24.4 Å². The van der Waals surface area contributed by atoms with Gasteiger partial charge in [-0.3, -0.25) is 0 Å². The minimum absolute atomic E-state index is 0.636. The van der Waals surface area contributed by atoms with Crippen molar-refractivity contribution in [3.63, 3.8) is 0 Å². The number of benzene rings is 2. The van der Waals surface area contributed by atoms with Crippen LogP contribution in [0.3, 0.4) is 0 Å². The maximum Gasteiger partial charge on any atom is 0.165 e. The van der Waals surface area contributed by atoms with E-state index in [1.54, 1.807) is 21.3 Å². The number of para-hydroxylation sites is 1. The van der Waals surface area contributed by atoms with Gasteiger partial charge in [-0.05, 0) is 17.2 Å². The zero-order valence-corrected chi connectivity index (χ0v) is 13.4. The number of hydrogen-bond donors (Lipinski definition) is 1. The molecule has 22 heavy (non-hydrogen) atoms. The predicted octanol–water partition coefficient (Wildman–Crippen LogP) is 3.14. The van der Waals surface area contributed by atoms with E-state index in [4.69, 9.17) is 14.2 Å². The molecule has 2 rings (SSSR count). The lowest BCUT2D eigenvalue weighted by Gasteiger charge is -2.13. The number of ether oxygens (including phenoxy) is 3. The Morgan fingerprint density at radius 1 is 0.864 bits per heavy atom. The van der Waals surface area contributed by atoms with Crippen LogP contribution < -0.4 is 14.8 Å². The van der Waals surface area contributed by atoms with Gasteiger partial charge >= 0.3 is 0 Å². The Hall–Kier alpha value is -2.04. The van der Waals surface area contributed by atoms with Crippen molar-refractivity contribution in [3.8, 4) is 11.5 Å². The van der Waals surface area contributed by atoms with E-state index in [0.29, 0.717) is 6.61 Å². The summed E-state index contributed by atoms with van der Waals surface area (Å²) in [7, 11) is 5.02. The highest BCUT2D eigenvalue weighted by Gasteiger charge is 2.08.